The van der Waals surface area contributed by atoms with Gasteiger partial charge in [0.15, 0.2) is 10.9 Å². The number of fused-ring (bicyclic) bond motifs is 1. The maximum absolute atomic E-state index is 15.2. The summed E-state index contributed by atoms with van der Waals surface area (Å²) in [6.45, 7) is 5.79. The molecule has 1 fully saturated rings. The number of aryl methyl sites for hydroxylation is 1. The Morgan fingerprint density at radius 1 is 1.18 bits per heavy atom. The molecular weight excluding hydrogens is 456 g/mol. The molecule has 2 aromatic heterocycles. The van der Waals surface area contributed by atoms with Crippen LogP contribution in [0, 0.1) is 23.0 Å². The summed E-state index contributed by atoms with van der Waals surface area (Å²) in [7, 11) is 1.84. The summed E-state index contributed by atoms with van der Waals surface area (Å²) < 4.78 is 30.3. The predicted octanol–water partition coefficient (Wildman–Crippen LogP) is 4.51. The fourth-order valence-corrected chi connectivity index (χ4v) is 5.11. The van der Waals surface area contributed by atoms with Gasteiger partial charge in [0.1, 0.15) is 33.8 Å². The fraction of sp³-hybridized carbons (Fsp3) is 0.292. The molecule has 4 aromatic rings. The SMILES string of the molecule is CCn1nc2c(F)cc(N3CCNCC3)cc2c1N(C)c1nc(-c2ccc(F)cc2)c(C#N)s1. The highest BCUT2D eigenvalue weighted by atomic mass is 32.1. The summed E-state index contributed by atoms with van der Waals surface area (Å²) in [6, 6.07) is 11.6. The average molecular weight is 480 g/mol. The number of hydrogen-bond donors (Lipinski definition) is 1. The topological polar surface area (TPSA) is 73.0 Å². The first kappa shape index (κ1) is 22.3. The van der Waals surface area contributed by atoms with E-state index >= 15 is 4.39 Å². The largest absolute Gasteiger partial charge is 0.369 e. The Morgan fingerprint density at radius 2 is 1.91 bits per heavy atom. The molecule has 1 N–H and O–H groups in total. The minimum Gasteiger partial charge on any atom is -0.369 e. The highest BCUT2D eigenvalue weighted by molar-refractivity contribution is 7.16. The molecule has 1 saturated heterocycles. The van der Waals surface area contributed by atoms with Crippen molar-refractivity contribution in [3.8, 4) is 17.3 Å². The van der Waals surface area contributed by atoms with E-state index in [1.807, 2.05) is 24.9 Å². The van der Waals surface area contributed by atoms with E-state index in [1.165, 1.54) is 23.5 Å². The molecule has 0 atom stereocenters. The van der Waals surface area contributed by atoms with Crippen LogP contribution in [0.4, 0.5) is 25.4 Å². The van der Waals surface area contributed by atoms with E-state index in [0.29, 0.717) is 44.5 Å². The molecule has 0 radical (unpaired) electrons. The number of piperazine rings is 1. The third kappa shape index (κ3) is 3.87. The second-order valence-corrected chi connectivity index (χ2v) is 9.03. The molecule has 0 saturated carbocycles. The van der Waals surface area contributed by atoms with Gasteiger partial charge in [-0.1, -0.05) is 11.3 Å². The van der Waals surface area contributed by atoms with Gasteiger partial charge in [0.05, 0.1) is 0 Å². The molecule has 2 aromatic carbocycles. The predicted molar refractivity (Wildman–Crippen MR) is 131 cm³/mol. The number of anilines is 3. The molecule has 34 heavy (non-hydrogen) atoms. The van der Waals surface area contributed by atoms with Gasteiger partial charge in [0.2, 0.25) is 0 Å². The number of nitrogens with zero attached hydrogens (tertiary/aromatic N) is 6. The number of thiazole rings is 1. The van der Waals surface area contributed by atoms with Gasteiger partial charge in [0, 0.05) is 56.4 Å². The molecule has 0 amide bonds. The molecule has 174 valence electrons. The van der Waals surface area contributed by atoms with E-state index in [0.717, 1.165) is 31.9 Å². The lowest BCUT2D eigenvalue weighted by molar-refractivity contribution is 0.585. The molecular formula is C24H23F2N7S. The smallest absolute Gasteiger partial charge is 0.192 e. The van der Waals surface area contributed by atoms with Gasteiger partial charge in [-0.2, -0.15) is 10.4 Å². The first-order valence-electron chi connectivity index (χ1n) is 11.1. The Balaban J connectivity index is 1.61. The second-order valence-electron chi connectivity index (χ2n) is 8.05. The van der Waals surface area contributed by atoms with Crippen molar-refractivity contribution >= 4 is 38.9 Å². The molecule has 1 aliphatic heterocycles. The van der Waals surface area contributed by atoms with Crippen LogP contribution in [-0.4, -0.2) is 48.0 Å². The lowest BCUT2D eigenvalue weighted by atomic mass is 10.1. The van der Waals surface area contributed by atoms with Crippen molar-refractivity contribution in [1.82, 2.24) is 20.1 Å². The third-order valence-electron chi connectivity index (χ3n) is 5.98. The van der Waals surface area contributed by atoms with E-state index < -0.39 is 0 Å². The van der Waals surface area contributed by atoms with Crippen molar-refractivity contribution in [3.05, 3.63) is 52.9 Å². The van der Waals surface area contributed by atoms with E-state index in [1.54, 1.807) is 22.9 Å². The number of nitrogens with one attached hydrogen (secondary N) is 1. The number of nitriles is 1. The highest BCUT2D eigenvalue weighted by Crippen LogP contribution is 2.39. The van der Waals surface area contributed by atoms with E-state index in [-0.39, 0.29) is 11.6 Å². The van der Waals surface area contributed by atoms with Crippen molar-refractivity contribution in [2.24, 2.45) is 0 Å². The molecule has 1 aliphatic rings. The van der Waals surface area contributed by atoms with Gasteiger partial charge in [-0.15, -0.1) is 0 Å². The summed E-state index contributed by atoms with van der Waals surface area (Å²) >= 11 is 1.24. The summed E-state index contributed by atoms with van der Waals surface area (Å²) in [6.07, 6.45) is 0. The number of benzene rings is 2. The summed E-state index contributed by atoms with van der Waals surface area (Å²) in [4.78, 5) is 9.13. The molecule has 0 bridgehead atoms. The maximum Gasteiger partial charge on any atom is 0.192 e. The third-order valence-corrected chi connectivity index (χ3v) is 7.01. The van der Waals surface area contributed by atoms with Crippen LogP contribution in [0.1, 0.15) is 11.8 Å². The minimum atomic E-state index is -0.364. The van der Waals surface area contributed by atoms with Gasteiger partial charge >= 0.3 is 0 Å². The van der Waals surface area contributed by atoms with Crippen LogP contribution in [0.3, 0.4) is 0 Å². The van der Waals surface area contributed by atoms with Crippen LogP contribution < -0.4 is 15.1 Å². The van der Waals surface area contributed by atoms with Crippen molar-refractivity contribution < 1.29 is 8.78 Å². The van der Waals surface area contributed by atoms with Crippen molar-refractivity contribution in [2.75, 3.05) is 43.0 Å². The zero-order valence-corrected chi connectivity index (χ0v) is 19.7. The van der Waals surface area contributed by atoms with Crippen molar-refractivity contribution in [1.29, 1.82) is 5.26 Å². The molecule has 0 unspecified atom stereocenters. The Morgan fingerprint density at radius 3 is 2.59 bits per heavy atom. The van der Waals surface area contributed by atoms with Gasteiger partial charge < -0.3 is 15.1 Å². The van der Waals surface area contributed by atoms with Gasteiger partial charge in [-0.05, 0) is 43.3 Å². The second kappa shape index (κ2) is 9.00. The molecule has 0 aliphatic carbocycles. The Hall–Kier alpha value is -3.55. The lowest BCUT2D eigenvalue weighted by Crippen LogP contribution is -2.43. The van der Waals surface area contributed by atoms with Gasteiger partial charge in [0.25, 0.3) is 0 Å². The standard InChI is InChI=1S/C24H23F2N7S/c1-3-33-23(18-12-17(13-19(26)22(18)30-33)32-10-8-28-9-11-32)31(2)24-29-21(20(14-27)34-24)15-4-6-16(25)7-5-15/h4-7,12-13,28H,3,8-11H2,1-2H3. The normalized spacial score (nSPS) is 13.9. The van der Waals surface area contributed by atoms with E-state index in [9.17, 15) is 9.65 Å². The maximum atomic E-state index is 15.2. The van der Waals surface area contributed by atoms with Crippen LogP contribution in [0.2, 0.25) is 0 Å². The number of rotatable bonds is 5. The Bertz CT molecular complexity index is 1380. The fourth-order valence-electron chi connectivity index (χ4n) is 4.27. The molecule has 0 spiro atoms. The minimum absolute atomic E-state index is 0.304. The van der Waals surface area contributed by atoms with Crippen molar-refractivity contribution in [2.45, 2.75) is 13.5 Å². The molecule has 7 nitrogen and oxygen atoms in total. The zero-order chi connectivity index (χ0) is 23.8. The number of hydrogen-bond acceptors (Lipinski definition) is 7. The van der Waals surface area contributed by atoms with Crippen LogP contribution >= 0.6 is 11.3 Å². The zero-order valence-electron chi connectivity index (χ0n) is 18.8. The Kier molecular flexibility index (Phi) is 5.89. The average Bonchev–Trinajstić information content (AvgIpc) is 3.46. The van der Waals surface area contributed by atoms with Crippen LogP contribution in [0.25, 0.3) is 22.2 Å². The van der Waals surface area contributed by atoms with E-state index in [2.05, 4.69) is 21.4 Å². The number of aromatic nitrogens is 3. The van der Waals surface area contributed by atoms with Crippen LogP contribution in [0.15, 0.2) is 36.4 Å². The monoisotopic (exact) mass is 479 g/mol. The summed E-state index contributed by atoms with van der Waals surface area (Å²) in [5, 5.41) is 18.8. The molecule has 5 rings (SSSR count). The van der Waals surface area contributed by atoms with Gasteiger partial charge in [-0.3, -0.25) is 0 Å². The molecule has 10 heteroatoms. The first-order chi connectivity index (χ1) is 16.5. The summed E-state index contributed by atoms with van der Waals surface area (Å²) in [5.74, 6) is -0.00974. The molecule has 3 heterocycles. The van der Waals surface area contributed by atoms with E-state index in [4.69, 9.17) is 4.98 Å². The summed E-state index contributed by atoms with van der Waals surface area (Å²) in [5.41, 5.74) is 2.28. The van der Waals surface area contributed by atoms with Gasteiger partial charge in [-0.25, -0.2) is 18.4 Å². The van der Waals surface area contributed by atoms with Crippen LogP contribution in [-0.2, 0) is 6.54 Å². The number of halogens is 2. The first-order valence-corrected chi connectivity index (χ1v) is 11.9. The lowest BCUT2D eigenvalue weighted by Gasteiger charge is -2.29. The quantitative estimate of drug-likeness (QED) is 0.454. The van der Waals surface area contributed by atoms with Crippen molar-refractivity contribution in [3.63, 3.8) is 0 Å². The van der Waals surface area contributed by atoms with Crippen LogP contribution in [0.5, 0.6) is 0 Å². The highest BCUT2D eigenvalue weighted by Gasteiger charge is 2.24. The Labute approximate surface area is 199 Å².